The summed E-state index contributed by atoms with van der Waals surface area (Å²) >= 11 is 0. The molecule has 3 nitrogen and oxygen atoms in total. The highest BCUT2D eigenvalue weighted by Gasteiger charge is 2.10. The second-order valence-corrected chi connectivity index (χ2v) is 4.66. The van der Waals surface area contributed by atoms with Crippen molar-refractivity contribution in [3.05, 3.63) is 29.5 Å². The van der Waals surface area contributed by atoms with Crippen LogP contribution in [-0.4, -0.2) is 18.1 Å². The van der Waals surface area contributed by atoms with Gasteiger partial charge in [-0.2, -0.15) is 0 Å². The van der Waals surface area contributed by atoms with Gasteiger partial charge >= 0.3 is 0 Å². The molecule has 1 heterocycles. The van der Waals surface area contributed by atoms with E-state index in [4.69, 9.17) is 10.5 Å². The fourth-order valence-electron chi connectivity index (χ4n) is 2.23. The van der Waals surface area contributed by atoms with Crippen LogP contribution in [-0.2, 0) is 6.42 Å². The lowest BCUT2D eigenvalue weighted by Gasteiger charge is -2.07. The van der Waals surface area contributed by atoms with Crippen molar-refractivity contribution in [3.8, 4) is 5.75 Å². The lowest BCUT2D eigenvalue weighted by molar-refractivity contribution is 0.419. The molecule has 2 aromatic rings. The average molecular weight is 232 g/mol. The van der Waals surface area contributed by atoms with Gasteiger partial charge in [-0.05, 0) is 43.9 Å². The molecule has 3 N–H and O–H groups in total. The Bertz CT molecular complexity index is 514. The number of methoxy groups -OCH3 is 1. The highest BCUT2D eigenvalue weighted by molar-refractivity contribution is 5.91. The molecule has 0 aliphatic heterocycles. The first-order valence-corrected chi connectivity index (χ1v) is 6.02. The SMILES string of the molecule is COc1ccc(C)c2c(CCC(C)N)c[nH]c12. The number of H-pyrrole nitrogens is 1. The van der Waals surface area contributed by atoms with Crippen LogP contribution >= 0.6 is 0 Å². The molecule has 0 radical (unpaired) electrons. The van der Waals surface area contributed by atoms with Crippen molar-refractivity contribution in [2.45, 2.75) is 32.7 Å². The monoisotopic (exact) mass is 232 g/mol. The van der Waals surface area contributed by atoms with E-state index in [0.717, 1.165) is 24.1 Å². The van der Waals surface area contributed by atoms with Crippen LogP contribution in [0.25, 0.3) is 10.9 Å². The topological polar surface area (TPSA) is 51.0 Å². The van der Waals surface area contributed by atoms with E-state index in [-0.39, 0.29) is 6.04 Å². The number of aryl methyl sites for hydroxylation is 2. The molecular formula is C14H20N2O. The van der Waals surface area contributed by atoms with Crippen LogP contribution in [0.2, 0.25) is 0 Å². The number of benzene rings is 1. The third-order valence-corrected chi connectivity index (χ3v) is 3.18. The highest BCUT2D eigenvalue weighted by Crippen LogP contribution is 2.30. The third kappa shape index (κ3) is 2.29. The molecule has 0 amide bonds. The summed E-state index contributed by atoms with van der Waals surface area (Å²) in [5, 5.41) is 1.28. The fourth-order valence-corrected chi connectivity index (χ4v) is 2.23. The standard InChI is InChI=1S/C14H20N2O/c1-9-4-7-12(17-3)14-13(9)11(8-16-14)6-5-10(2)15/h4,7-8,10,16H,5-6,15H2,1-3H3. The Hall–Kier alpha value is -1.48. The van der Waals surface area contributed by atoms with Crippen molar-refractivity contribution in [1.29, 1.82) is 0 Å². The van der Waals surface area contributed by atoms with Crippen LogP contribution in [0, 0.1) is 6.92 Å². The number of fused-ring (bicyclic) bond motifs is 1. The molecule has 0 fully saturated rings. The summed E-state index contributed by atoms with van der Waals surface area (Å²) in [7, 11) is 1.70. The van der Waals surface area contributed by atoms with Gasteiger partial charge in [0.1, 0.15) is 5.75 Å². The number of aromatic nitrogens is 1. The second-order valence-electron chi connectivity index (χ2n) is 4.66. The summed E-state index contributed by atoms with van der Waals surface area (Å²) in [6.07, 6.45) is 4.08. The molecule has 17 heavy (non-hydrogen) atoms. The first kappa shape index (κ1) is 12.0. The molecule has 3 heteroatoms. The van der Waals surface area contributed by atoms with Gasteiger partial charge in [0, 0.05) is 17.6 Å². The Morgan fingerprint density at radius 1 is 1.41 bits per heavy atom. The van der Waals surface area contributed by atoms with E-state index in [1.54, 1.807) is 7.11 Å². The van der Waals surface area contributed by atoms with Crippen molar-refractivity contribution in [2.75, 3.05) is 7.11 Å². The summed E-state index contributed by atoms with van der Waals surface area (Å²) in [5.74, 6) is 0.901. The largest absolute Gasteiger partial charge is 0.495 e. The predicted octanol–water partition coefficient (Wildman–Crippen LogP) is 2.76. The smallest absolute Gasteiger partial charge is 0.142 e. The number of nitrogens with two attached hydrogens (primary N) is 1. The van der Waals surface area contributed by atoms with E-state index in [2.05, 4.69) is 24.2 Å². The minimum atomic E-state index is 0.242. The fraction of sp³-hybridized carbons (Fsp3) is 0.429. The van der Waals surface area contributed by atoms with E-state index < -0.39 is 0 Å². The summed E-state index contributed by atoms with van der Waals surface area (Å²) in [5.41, 5.74) is 9.51. The van der Waals surface area contributed by atoms with Crippen LogP contribution in [0.5, 0.6) is 5.75 Å². The summed E-state index contributed by atoms with van der Waals surface area (Å²) < 4.78 is 5.37. The van der Waals surface area contributed by atoms with Crippen molar-refractivity contribution in [2.24, 2.45) is 5.73 Å². The first-order chi connectivity index (χ1) is 8.13. The van der Waals surface area contributed by atoms with Gasteiger partial charge in [-0.3, -0.25) is 0 Å². The molecule has 0 aliphatic carbocycles. The molecule has 2 rings (SSSR count). The Balaban J connectivity index is 2.44. The minimum Gasteiger partial charge on any atom is -0.495 e. The van der Waals surface area contributed by atoms with Crippen molar-refractivity contribution < 1.29 is 4.74 Å². The highest BCUT2D eigenvalue weighted by atomic mass is 16.5. The molecule has 0 bridgehead atoms. The zero-order chi connectivity index (χ0) is 12.4. The molecule has 0 aliphatic rings. The van der Waals surface area contributed by atoms with Crippen molar-refractivity contribution in [1.82, 2.24) is 4.98 Å². The van der Waals surface area contributed by atoms with E-state index in [1.807, 2.05) is 13.0 Å². The molecule has 1 aromatic carbocycles. The number of nitrogens with one attached hydrogen (secondary N) is 1. The summed E-state index contributed by atoms with van der Waals surface area (Å²) in [6, 6.07) is 4.35. The molecule has 1 unspecified atom stereocenters. The number of rotatable bonds is 4. The van der Waals surface area contributed by atoms with Gasteiger partial charge in [0.25, 0.3) is 0 Å². The Morgan fingerprint density at radius 3 is 2.82 bits per heavy atom. The van der Waals surface area contributed by atoms with Crippen molar-refractivity contribution in [3.63, 3.8) is 0 Å². The predicted molar refractivity (Wildman–Crippen MR) is 71.6 cm³/mol. The normalized spacial score (nSPS) is 12.9. The number of hydrogen-bond donors (Lipinski definition) is 2. The van der Waals surface area contributed by atoms with Gasteiger partial charge in [-0.25, -0.2) is 0 Å². The van der Waals surface area contributed by atoms with E-state index in [9.17, 15) is 0 Å². The Morgan fingerprint density at radius 2 is 2.18 bits per heavy atom. The molecule has 92 valence electrons. The van der Waals surface area contributed by atoms with E-state index in [1.165, 1.54) is 16.5 Å². The number of ether oxygens (including phenoxy) is 1. The van der Waals surface area contributed by atoms with Crippen LogP contribution in [0.15, 0.2) is 18.3 Å². The van der Waals surface area contributed by atoms with Crippen LogP contribution < -0.4 is 10.5 Å². The molecule has 0 saturated carbocycles. The maximum Gasteiger partial charge on any atom is 0.142 e. The van der Waals surface area contributed by atoms with E-state index in [0.29, 0.717) is 0 Å². The Labute approximate surface area is 102 Å². The lowest BCUT2D eigenvalue weighted by atomic mass is 10.0. The summed E-state index contributed by atoms with van der Waals surface area (Å²) in [4.78, 5) is 3.31. The molecule has 0 spiro atoms. The number of aromatic amines is 1. The van der Waals surface area contributed by atoms with Gasteiger partial charge in [0.2, 0.25) is 0 Å². The quantitative estimate of drug-likeness (QED) is 0.851. The zero-order valence-corrected chi connectivity index (χ0v) is 10.7. The molecular weight excluding hydrogens is 212 g/mol. The van der Waals surface area contributed by atoms with Gasteiger partial charge in [-0.15, -0.1) is 0 Å². The third-order valence-electron chi connectivity index (χ3n) is 3.18. The maximum atomic E-state index is 5.81. The molecule has 0 saturated heterocycles. The Kier molecular flexibility index (Phi) is 3.38. The van der Waals surface area contributed by atoms with Gasteiger partial charge in [0.15, 0.2) is 0 Å². The van der Waals surface area contributed by atoms with Crippen LogP contribution in [0.4, 0.5) is 0 Å². The van der Waals surface area contributed by atoms with Crippen LogP contribution in [0.1, 0.15) is 24.5 Å². The molecule has 1 atom stereocenters. The molecule has 1 aromatic heterocycles. The summed E-state index contributed by atoms with van der Waals surface area (Å²) in [6.45, 7) is 4.17. The number of hydrogen-bond acceptors (Lipinski definition) is 2. The van der Waals surface area contributed by atoms with Gasteiger partial charge in [0.05, 0.1) is 12.6 Å². The minimum absolute atomic E-state index is 0.242. The van der Waals surface area contributed by atoms with Gasteiger partial charge < -0.3 is 15.5 Å². The van der Waals surface area contributed by atoms with Gasteiger partial charge in [-0.1, -0.05) is 6.07 Å². The second kappa shape index (κ2) is 4.80. The zero-order valence-electron chi connectivity index (χ0n) is 10.7. The van der Waals surface area contributed by atoms with E-state index >= 15 is 0 Å². The lowest BCUT2D eigenvalue weighted by Crippen LogP contribution is -2.15. The van der Waals surface area contributed by atoms with Crippen molar-refractivity contribution >= 4 is 10.9 Å². The average Bonchev–Trinajstić information content (AvgIpc) is 2.72. The van der Waals surface area contributed by atoms with Crippen LogP contribution in [0.3, 0.4) is 0 Å². The first-order valence-electron chi connectivity index (χ1n) is 6.02. The maximum absolute atomic E-state index is 5.81.